The molecule has 0 fully saturated rings. The Balaban J connectivity index is 2.24. The fourth-order valence-electron chi connectivity index (χ4n) is 1.98. The van der Waals surface area contributed by atoms with Gasteiger partial charge in [0.1, 0.15) is 0 Å². The van der Waals surface area contributed by atoms with Gasteiger partial charge in [0.2, 0.25) is 11.1 Å². The van der Waals surface area contributed by atoms with Crippen molar-refractivity contribution in [1.29, 1.82) is 0 Å². The lowest BCUT2D eigenvalue weighted by Crippen LogP contribution is -2.30. The molecule has 6 nitrogen and oxygen atoms in total. The largest absolute Gasteiger partial charge is 0.355 e. The highest BCUT2D eigenvalue weighted by Gasteiger charge is 2.19. The summed E-state index contributed by atoms with van der Waals surface area (Å²) in [5.74, 6) is -0.0160. The van der Waals surface area contributed by atoms with E-state index in [4.69, 9.17) is 0 Å². The molecule has 1 N–H and O–H groups in total. The van der Waals surface area contributed by atoms with Crippen LogP contribution in [0.2, 0.25) is 0 Å². The van der Waals surface area contributed by atoms with E-state index < -0.39 is 0 Å². The summed E-state index contributed by atoms with van der Waals surface area (Å²) in [6.45, 7) is 8.42. The molecule has 0 aliphatic carbocycles. The van der Waals surface area contributed by atoms with E-state index in [9.17, 15) is 4.79 Å². The average molecular weight is 305 g/mol. The van der Waals surface area contributed by atoms with Crippen molar-refractivity contribution in [1.82, 2.24) is 25.5 Å². The van der Waals surface area contributed by atoms with Crippen LogP contribution in [-0.4, -0.2) is 37.9 Å². The minimum absolute atomic E-state index is 0.0160. The van der Waals surface area contributed by atoms with Crippen molar-refractivity contribution in [3.63, 3.8) is 0 Å². The Labute approximate surface area is 128 Å². The molecule has 1 heterocycles. The summed E-state index contributed by atoms with van der Waals surface area (Å²) in [4.78, 5) is 11.8. The van der Waals surface area contributed by atoms with Gasteiger partial charge in [-0.1, -0.05) is 29.5 Å². The van der Waals surface area contributed by atoms with Crippen molar-refractivity contribution in [2.24, 2.45) is 0 Å². The molecule has 112 valence electrons. The first kappa shape index (κ1) is 15.5. The fourth-order valence-corrected chi connectivity index (χ4v) is 2.80. The Morgan fingerprint density at radius 2 is 2.19 bits per heavy atom. The molecule has 1 amide bonds. The number of nitrogens with zero attached hydrogens (tertiary/aromatic N) is 4. The molecule has 0 spiro atoms. The van der Waals surface area contributed by atoms with Gasteiger partial charge >= 0.3 is 0 Å². The Morgan fingerprint density at radius 3 is 2.86 bits per heavy atom. The van der Waals surface area contributed by atoms with Crippen LogP contribution in [0, 0.1) is 13.8 Å². The topological polar surface area (TPSA) is 72.7 Å². The maximum Gasteiger partial charge on any atom is 0.233 e. The number of carbonyl (C=O) groups excluding carboxylic acids is 1. The van der Waals surface area contributed by atoms with E-state index in [0.717, 1.165) is 11.3 Å². The molecule has 1 aromatic carbocycles. The molecule has 0 aliphatic heterocycles. The molecule has 0 saturated heterocycles. The van der Waals surface area contributed by atoms with Gasteiger partial charge in [0.25, 0.3) is 0 Å². The summed E-state index contributed by atoms with van der Waals surface area (Å²) in [5.41, 5.74) is 3.21. The molecule has 2 rings (SSSR count). The molecule has 1 atom stereocenters. The smallest absolute Gasteiger partial charge is 0.233 e. The van der Waals surface area contributed by atoms with Gasteiger partial charge in [-0.15, -0.1) is 5.10 Å². The average Bonchev–Trinajstić information content (AvgIpc) is 2.87. The van der Waals surface area contributed by atoms with E-state index in [1.807, 2.05) is 39.8 Å². The van der Waals surface area contributed by atoms with E-state index in [0.29, 0.717) is 11.7 Å². The molecule has 7 heteroatoms. The SMILES string of the molecule is CCNC(=O)[C@@H](C)Sc1nnnn1-c1ccc(C)cc1C. The molecule has 2 aromatic rings. The van der Waals surface area contributed by atoms with Crippen LogP contribution >= 0.6 is 11.8 Å². The molecular formula is C14H19N5OS. The number of benzene rings is 1. The van der Waals surface area contributed by atoms with Crippen LogP contribution in [0.1, 0.15) is 25.0 Å². The maximum atomic E-state index is 11.8. The number of hydrogen-bond donors (Lipinski definition) is 1. The predicted molar refractivity (Wildman–Crippen MR) is 82.6 cm³/mol. The summed E-state index contributed by atoms with van der Waals surface area (Å²) in [5, 5.41) is 15.0. The number of aryl methyl sites for hydroxylation is 2. The summed E-state index contributed by atoms with van der Waals surface area (Å²) >= 11 is 1.35. The first-order valence-electron chi connectivity index (χ1n) is 6.83. The second-order valence-electron chi connectivity index (χ2n) is 4.82. The standard InChI is InChI=1S/C14H19N5OS/c1-5-15-13(20)11(4)21-14-16-17-18-19(14)12-7-6-9(2)8-10(12)3/h6-8,11H,5H2,1-4H3,(H,15,20)/t11-/m1/s1. The molecule has 0 saturated carbocycles. The van der Waals surface area contributed by atoms with Gasteiger partial charge in [-0.3, -0.25) is 4.79 Å². The molecule has 1 aromatic heterocycles. The van der Waals surface area contributed by atoms with E-state index in [1.54, 1.807) is 4.68 Å². The van der Waals surface area contributed by atoms with Gasteiger partial charge < -0.3 is 5.32 Å². The zero-order chi connectivity index (χ0) is 15.4. The van der Waals surface area contributed by atoms with Crippen LogP contribution in [0.25, 0.3) is 5.69 Å². The Bertz CT molecular complexity index is 640. The lowest BCUT2D eigenvalue weighted by Gasteiger charge is -2.11. The number of aromatic nitrogens is 4. The monoisotopic (exact) mass is 305 g/mol. The van der Waals surface area contributed by atoms with E-state index in [-0.39, 0.29) is 11.2 Å². The number of tetrazole rings is 1. The van der Waals surface area contributed by atoms with Gasteiger partial charge in [0, 0.05) is 6.54 Å². The second kappa shape index (κ2) is 6.71. The second-order valence-corrected chi connectivity index (χ2v) is 6.13. The minimum atomic E-state index is -0.250. The number of nitrogens with one attached hydrogen (secondary N) is 1. The molecule has 0 radical (unpaired) electrons. The number of rotatable bonds is 5. The third kappa shape index (κ3) is 3.60. The van der Waals surface area contributed by atoms with Gasteiger partial charge in [0.15, 0.2) is 0 Å². The van der Waals surface area contributed by atoms with Gasteiger partial charge in [-0.2, -0.15) is 4.68 Å². The number of amides is 1. The van der Waals surface area contributed by atoms with Crippen molar-refractivity contribution >= 4 is 17.7 Å². The van der Waals surface area contributed by atoms with E-state index >= 15 is 0 Å². The zero-order valence-electron chi connectivity index (χ0n) is 12.6. The molecular weight excluding hydrogens is 286 g/mol. The fraction of sp³-hybridized carbons (Fsp3) is 0.429. The van der Waals surface area contributed by atoms with Crippen molar-refractivity contribution < 1.29 is 4.79 Å². The summed E-state index contributed by atoms with van der Waals surface area (Å²) in [6, 6.07) is 6.09. The van der Waals surface area contributed by atoms with Gasteiger partial charge in [0.05, 0.1) is 10.9 Å². The Hall–Kier alpha value is -1.89. The highest BCUT2D eigenvalue weighted by Crippen LogP contribution is 2.24. The third-order valence-electron chi connectivity index (χ3n) is 3.02. The van der Waals surface area contributed by atoms with Crippen LogP contribution < -0.4 is 5.32 Å². The van der Waals surface area contributed by atoms with E-state index in [1.165, 1.54) is 17.3 Å². The zero-order valence-corrected chi connectivity index (χ0v) is 13.4. The lowest BCUT2D eigenvalue weighted by atomic mass is 10.1. The first-order valence-corrected chi connectivity index (χ1v) is 7.71. The van der Waals surface area contributed by atoms with Crippen LogP contribution in [0.15, 0.2) is 23.4 Å². The summed E-state index contributed by atoms with van der Waals surface area (Å²) in [7, 11) is 0. The number of carbonyl (C=O) groups is 1. The van der Waals surface area contributed by atoms with Crippen LogP contribution in [-0.2, 0) is 4.79 Å². The lowest BCUT2D eigenvalue weighted by molar-refractivity contribution is -0.120. The normalized spacial score (nSPS) is 12.2. The first-order chi connectivity index (χ1) is 10.0. The highest BCUT2D eigenvalue weighted by atomic mass is 32.2. The summed E-state index contributed by atoms with van der Waals surface area (Å²) in [6.07, 6.45) is 0. The molecule has 0 aliphatic rings. The van der Waals surface area contributed by atoms with Gasteiger partial charge in [-0.25, -0.2) is 0 Å². The minimum Gasteiger partial charge on any atom is -0.355 e. The van der Waals surface area contributed by atoms with Crippen molar-refractivity contribution in [2.45, 2.75) is 38.1 Å². The van der Waals surface area contributed by atoms with Gasteiger partial charge in [-0.05, 0) is 49.8 Å². The molecule has 0 unspecified atom stereocenters. The quantitative estimate of drug-likeness (QED) is 0.854. The van der Waals surface area contributed by atoms with Crippen molar-refractivity contribution in [3.8, 4) is 5.69 Å². The van der Waals surface area contributed by atoms with Crippen LogP contribution in [0.3, 0.4) is 0 Å². The number of hydrogen-bond acceptors (Lipinski definition) is 5. The number of thioether (sulfide) groups is 1. The predicted octanol–water partition coefficient (Wildman–Crippen LogP) is 1.90. The Kier molecular flexibility index (Phi) is 4.95. The van der Waals surface area contributed by atoms with Crippen molar-refractivity contribution in [3.05, 3.63) is 29.3 Å². The highest BCUT2D eigenvalue weighted by molar-refractivity contribution is 8.00. The van der Waals surface area contributed by atoms with Crippen LogP contribution in [0.5, 0.6) is 0 Å². The Morgan fingerprint density at radius 1 is 1.43 bits per heavy atom. The molecule has 21 heavy (non-hydrogen) atoms. The van der Waals surface area contributed by atoms with Crippen molar-refractivity contribution in [2.75, 3.05) is 6.54 Å². The van der Waals surface area contributed by atoms with Crippen LogP contribution in [0.4, 0.5) is 0 Å². The molecule has 0 bridgehead atoms. The van der Waals surface area contributed by atoms with E-state index in [2.05, 4.69) is 26.9 Å². The summed E-state index contributed by atoms with van der Waals surface area (Å²) < 4.78 is 1.68. The maximum absolute atomic E-state index is 11.8. The third-order valence-corrected chi connectivity index (χ3v) is 4.06.